The van der Waals surface area contributed by atoms with E-state index in [1.807, 2.05) is 36.4 Å². The molecule has 28 heavy (non-hydrogen) atoms. The average molecular weight is 414 g/mol. The summed E-state index contributed by atoms with van der Waals surface area (Å²) in [6.07, 6.45) is 0. The molecular formula is C24H22FeO3-6. The predicted molar refractivity (Wildman–Crippen MR) is 108 cm³/mol. The van der Waals surface area contributed by atoms with Crippen molar-refractivity contribution in [2.45, 2.75) is 19.3 Å². The smallest absolute Gasteiger partial charge is 0.176 e. The van der Waals surface area contributed by atoms with Crippen LogP contribution in [0, 0.1) is 0 Å². The van der Waals surface area contributed by atoms with Crippen molar-refractivity contribution in [3.8, 4) is 0 Å². The molecule has 3 rings (SSSR count). The molecule has 0 amide bonds. The maximum Gasteiger partial charge on any atom is 0.176 e. The number of benzene rings is 1. The minimum Gasteiger partial charge on any atom is -0.748 e. The van der Waals surface area contributed by atoms with Gasteiger partial charge in [-0.25, -0.2) is 12.1 Å². The minimum atomic E-state index is -1.81. The first kappa shape index (κ1) is 23.2. The van der Waals surface area contributed by atoms with E-state index in [1.54, 1.807) is 48.5 Å². The zero-order chi connectivity index (χ0) is 19.9. The molecule has 0 radical (unpaired) electrons. The summed E-state index contributed by atoms with van der Waals surface area (Å²) in [5, 5.41) is 0. The van der Waals surface area contributed by atoms with E-state index in [9.17, 15) is 14.4 Å². The summed E-state index contributed by atoms with van der Waals surface area (Å²) in [6, 6.07) is 25.5. The van der Waals surface area contributed by atoms with Crippen LogP contribution in [0.3, 0.4) is 0 Å². The standard InChI is InChI=1S/C19H17O3.C5H5.Fe/c1-13(16-9-5-4-6-10-16)18(22)19(14(2)20,15(3)21)17-11-7-8-12-17;1-2-4-5-3-1;/h4-12H,1H2,2-3H3;1-5H;/q-1;-5;. The molecule has 0 aliphatic carbocycles. The third kappa shape index (κ3) is 4.72. The van der Waals surface area contributed by atoms with Gasteiger partial charge >= 0.3 is 0 Å². The van der Waals surface area contributed by atoms with Crippen LogP contribution in [0.15, 0.2) is 91.5 Å². The monoisotopic (exact) mass is 414 g/mol. The maximum absolute atomic E-state index is 13.0. The van der Waals surface area contributed by atoms with Crippen molar-refractivity contribution >= 4 is 22.9 Å². The Morgan fingerprint density at radius 1 is 0.821 bits per heavy atom. The fraction of sp³-hybridized carbons (Fsp3) is 0.125. The van der Waals surface area contributed by atoms with E-state index in [4.69, 9.17) is 0 Å². The van der Waals surface area contributed by atoms with Gasteiger partial charge in [-0.05, 0) is 19.4 Å². The molecule has 0 saturated carbocycles. The summed E-state index contributed by atoms with van der Waals surface area (Å²) < 4.78 is 0. The van der Waals surface area contributed by atoms with Crippen molar-refractivity contribution in [2.24, 2.45) is 0 Å². The molecule has 0 aliphatic heterocycles. The number of allylic oxidation sites excluding steroid dienone is 1. The van der Waals surface area contributed by atoms with Gasteiger partial charge in [-0.3, -0.25) is 14.4 Å². The van der Waals surface area contributed by atoms with Gasteiger partial charge in [-0.2, -0.15) is 12.1 Å². The molecule has 0 N–H and O–H groups in total. The SMILES string of the molecule is C=C(C(=O)C(C(C)=O)(C(C)=O)[c-]1cccc1)c1ccccc1.[Fe].[cH-]1[cH-][cH-][cH-][cH-]1. The first-order valence-corrected chi connectivity index (χ1v) is 8.62. The van der Waals surface area contributed by atoms with Gasteiger partial charge in [-0.15, -0.1) is 5.56 Å². The van der Waals surface area contributed by atoms with Gasteiger partial charge < -0.3 is 30.3 Å². The van der Waals surface area contributed by atoms with Crippen molar-refractivity contribution in [2.75, 3.05) is 0 Å². The first-order chi connectivity index (χ1) is 12.9. The number of hydrogen-bond donors (Lipinski definition) is 0. The van der Waals surface area contributed by atoms with Crippen LogP contribution < -0.4 is 0 Å². The molecule has 0 fully saturated rings. The van der Waals surface area contributed by atoms with Crippen LogP contribution in [0.4, 0.5) is 0 Å². The molecule has 3 nitrogen and oxygen atoms in total. The quantitative estimate of drug-likeness (QED) is 0.258. The zero-order valence-electron chi connectivity index (χ0n) is 15.9. The van der Waals surface area contributed by atoms with Crippen molar-refractivity contribution < 1.29 is 31.5 Å². The summed E-state index contributed by atoms with van der Waals surface area (Å²) in [4.78, 5) is 37.6. The van der Waals surface area contributed by atoms with E-state index in [1.165, 1.54) is 13.8 Å². The van der Waals surface area contributed by atoms with E-state index in [0.717, 1.165) is 0 Å². The molecule has 0 heterocycles. The molecule has 0 aromatic heterocycles. The second-order valence-corrected chi connectivity index (χ2v) is 6.17. The Morgan fingerprint density at radius 3 is 1.64 bits per heavy atom. The van der Waals surface area contributed by atoms with Crippen molar-refractivity contribution in [1.82, 2.24) is 0 Å². The molecule has 150 valence electrons. The molecule has 0 bridgehead atoms. The number of rotatable bonds is 6. The van der Waals surface area contributed by atoms with Gasteiger partial charge in [0.15, 0.2) is 5.78 Å². The van der Waals surface area contributed by atoms with E-state index in [-0.39, 0.29) is 22.6 Å². The molecule has 0 spiro atoms. The summed E-state index contributed by atoms with van der Waals surface area (Å²) in [6.45, 7) is 6.35. The Bertz CT molecular complexity index is 873. The number of hydrogen-bond acceptors (Lipinski definition) is 3. The van der Waals surface area contributed by atoms with Gasteiger partial charge in [0.2, 0.25) is 0 Å². The summed E-state index contributed by atoms with van der Waals surface area (Å²) in [5.41, 5.74) is -0.649. The van der Waals surface area contributed by atoms with Crippen LogP contribution in [0.1, 0.15) is 25.0 Å². The molecule has 0 aliphatic rings. The van der Waals surface area contributed by atoms with Crippen LogP contribution >= 0.6 is 0 Å². The third-order valence-electron chi connectivity index (χ3n) is 4.44. The predicted octanol–water partition coefficient (Wildman–Crippen LogP) is 4.51. The van der Waals surface area contributed by atoms with Crippen molar-refractivity contribution in [1.29, 1.82) is 0 Å². The number of carbonyl (C=O) groups is 3. The van der Waals surface area contributed by atoms with E-state index in [0.29, 0.717) is 11.1 Å². The molecule has 3 aromatic rings. The number of Topliss-reactive ketones (excluding diaryl/α,β-unsaturated/α-hetero) is 3. The van der Waals surface area contributed by atoms with Crippen molar-refractivity contribution in [3.05, 3.63) is 103 Å². The van der Waals surface area contributed by atoms with Crippen LogP contribution in [0.25, 0.3) is 5.57 Å². The third-order valence-corrected chi connectivity index (χ3v) is 4.44. The fourth-order valence-electron chi connectivity index (χ4n) is 3.05. The minimum absolute atomic E-state index is 0. The molecule has 0 saturated heterocycles. The molecule has 0 unspecified atom stereocenters. The van der Waals surface area contributed by atoms with Crippen LogP contribution in [0.2, 0.25) is 0 Å². The Morgan fingerprint density at radius 2 is 1.25 bits per heavy atom. The first-order valence-electron chi connectivity index (χ1n) is 8.62. The second kappa shape index (κ2) is 10.5. The molecule has 4 heteroatoms. The summed E-state index contributed by atoms with van der Waals surface area (Å²) >= 11 is 0. The van der Waals surface area contributed by atoms with Gasteiger partial charge in [0.05, 0.1) is 0 Å². The molecule has 0 atom stereocenters. The fourth-order valence-corrected chi connectivity index (χ4v) is 3.05. The number of ketones is 3. The largest absolute Gasteiger partial charge is 0.748 e. The zero-order valence-corrected chi connectivity index (χ0v) is 17.0. The van der Waals surface area contributed by atoms with E-state index < -0.39 is 22.8 Å². The van der Waals surface area contributed by atoms with Crippen LogP contribution in [0.5, 0.6) is 0 Å². The van der Waals surface area contributed by atoms with Gasteiger partial charge in [0, 0.05) is 22.6 Å². The maximum atomic E-state index is 13.0. The van der Waals surface area contributed by atoms with Crippen LogP contribution in [-0.2, 0) is 36.9 Å². The Balaban J connectivity index is 0.000000567. The average Bonchev–Trinajstić information content (AvgIpc) is 3.38. The van der Waals surface area contributed by atoms with Gasteiger partial charge in [0.1, 0.15) is 17.0 Å². The topological polar surface area (TPSA) is 51.2 Å². The summed E-state index contributed by atoms with van der Waals surface area (Å²) in [5.74, 6) is -1.55. The normalized spacial score (nSPS) is 10.1. The molecule has 3 aromatic carbocycles. The van der Waals surface area contributed by atoms with Crippen molar-refractivity contribution in [3.63, 3.8) is 0 Å². The summed E-state index contributed by atoms with van der Waals surface area (Å²) in [7, 11) is 0. The second-order valence-electron chi connectivity index (χ2n) is 6.17. The van der Waals surface area contributed by atoms with E-state index >= 15 is 0 Å². The van der Waals surface area contributed by atoms with Crippen LogP contribution in [-0.4, -0.2) is 17.3 Å². The number of carbonyl (C=O) groups excluding carboxylic acids is 3. The Labute approximate surface area is 176 Å². The van der Waals surface area contributed by atoms with E-state index in [2.05, 4.69) is 6.58 Å². The Hall–Kier alpha value is -2.81. The molecular weight excluding hydrogens is 392 g/mol. The Kier molecular flexibility index (Phi) is 8.71. The van der Waals surface area contributed by atoms with Gasteiger partial charge in [-0.1, -0.05) is 36.9 Å². The van der Waals surface area contributed by atoms with Gasteiger partial charge in [0.25, 0.3) is 0 Å².